The zero-order valence-electron chi connectivity index (χ0n) is 20.2. The van der Waals surface area contributed by atoms with Crippen molar-refractivity contribution in [1.82, 2.24) is 20.2 Å². The number of hydrogen-bond acceptors (Lipinski definition) is 6. The molecule has 1 aromatic heterocycles. The van der Waals surface area contributed by atoms with Crippen LogP contribution in [-0.4, -0.2) is 69.9 Å². The number of imidazole rings is 1. The number of likely N-dealkylation sites (tertiary alicyclic amines) is 1. The lowest BCUT2D eigenvalue weighted by atomic mass is 10.0. The van der Waals surface area contributed by atoms with Crippen molar-refractivity contribution in [3.63, 3.8) is 0 Å². The van der Waals surface area contributed by atoms with E-state index in [2.05, 4.69) is 20.6 Å². The van der Waals surface area contributed by atoms with Crippen LogP contribution >= 0.6 is 0 Å². The molecule has 3 aromatic rings. The number of hydrogen-bond donors (Lipinski definition) is 6. The Kier molecular flexibility index (Phi) is 8.17. The van der Waals surface area contributed by atoms with Crippen LogP contribution in [0.15, 0.2) is 42.5 Å². The minimum absolute atomic E-state index is 0.0262. The third-order valence-electron chi connectivity index (χ3n) is 6.37. The predicted molar refractivity (Wildman–Crippen MR) is 139 cm³/mol. The average molecular weight is 492 g/mol. The quantitative estimate of drug-likeness (QED) is 0.167. The van der Waals surface area contributed by atoms with Crippen molar-refractivity contribution in [2.45, 2.75) is 38.1 Å². The van der Waals surface area contributed by atoms with Crippen LogP contribution in [0.3, 0.4) is 0 Å². The molecule has 1 atom stereocenters. The largest absolute Gasteiger partial charge is 0.481 e. The third-order valence-corrected chi connectivity index (χ3v) is 6.37. The number of H-pyrrole nitrogens is 1. The molecule has 10 nitrogen and oxygen atoms in total. The number of nitrogen functional groups attached to an aromatic ring is 1. The summed E-state index contributed by atoms with van der Waals surface area (Å²) in [6.07, 6.45) is 3.17. The smallest absolute Gasteiger partial charge is 0.304 e. The standard InChI is InChI=1S/C26H33N7O3/c27-25(28)18-4-6-19(7-5-18)29-11-9-23-31-20-8-3-17(15-21(20)32-23)16-22(30-12-10-24(34)35)26(36)33-13-1-2-14-33/h3-8,15,22,29-30H,1-2,9-14,16H2,(H3,27,28)(H,31,32)(H,34,35). The van der Waals surface area contributed by atoms with E-state index in [0.29, 0.717) is 24.9 Å². The summed E-state index contributed by atoms with van der Waals surface area (Å²) in [5.41, 5.74) is 9.89. The Bertz CT molecular complexity index is 1220. The first-order valence-corrected chi connectivity index (χ1v) is 12.3. The second-order valence-electron chi connectivity index (χ2n) is 9.09. The number of amidine groups is 1. The minimum Gasteiger partial charge on any atom is -0.481 e. The Hall–Kier alpha value is -3.92. The first kappa shape index (κ1) is 25.2. The van der Waals surface area contributed by atoms with Crippen LogP contribution in [0.4, 0.5) is 5.69 Å². The molecule has 4 rings (SSSR count). The second-order valence-corrected chi connectivity index (χ2v) is 9.09. The molecule has 190 valence electrons. The van der Waals surface area contributed by atoms with Crippen LogP contribution in [0.2, 0.25) is 0 Å². The highest BCUT2D eigenvalue weighted by molar-refractivity contribution is 5.95. The predicted octanol–water partition coefficient (Wildman–Crippen LogP) is 2.10. The fourth-order valence-corrected chi connectivity index (χ4v) is 4.44. The van der Waals surface area contributed by atoms with Crippen molar-refractivity contribution in [1.29, 1.82) is 5.41 Å². The Morgan fingerprint density at radius 3 is 2.58 bits per heavy atom. The lowest BCUT2D eigenvalue weighted by molar-refractivity contribution is -0.137. The van der Waals surface area contributed by atoms with Crippen LogP contribution in [0.5, 0.6) is 0 Å². The molecule has 1 amide bonds. The first-order valence-electron chi connectivity index (χ1n) is 12.3. The highest BCUT2D eigenvalue weighted by atomic mass is 16.4. The van der Waals surface area contributed by atoms with E-state index < -0.39 is 12.0 Å². The Labute approximate surface area is 209 Å². The number of aliphatic carboxylic acids is 1. The zero-order valence-corrected chi connectivity index (χ0v) is 20.2. The molecule has 1 aliphatic rings. The van der Waals surface area contributed by atoms with E-state index in [0.717, 1.165) is 54.0 Å². The first-order chi connectivity index (χ1) is 17.4. The van der Waals surface area contributed by atoms with E-state index in [-0.39, 0.29) is 24.7 Å². The van der Waals surface area contributed by atoms with Gasteiger partial charge in [0.05, 0.1) is 23.5 Å². The van der Waals surface area contributed by atoms with Crippen molar-refractivity contribution < 1.29 is 14.7 Å². The number of carboxylic acid groups (broad SMARTS) is 1. The molecule has 0 spiro atoms. The molecule has 36 heavy (non-hydrogen) atoms. The van der Waals surface area contributed by atoms with Crippen molar-refractivity contribution in [2.24, 2.45) is 5.73 Å². The second kappa shape index (κ2) is 11.7. The van der Waals surface area contributed by atoms with E-state index in [1.807, 2.05) is 47.4 Å². The van der Waals surface area contributed by atoms with E-state index >= 15 is 0 Å². The van der Waals surface area contributed by atoms with Gasteiger partial charge >= 0.3 is 5.97 Å². The molecule has 7 N–H and O–H groups in total. The molecule has 1 saturated heterocycles. The minimum atomic E-state index is -0.885. The van der Waals surface area contributed by atoms with Gasteiger partial charge < -0.3 is 31.4 Å². The summed E-state index contributed by atoms with van der Waals surface area (Å²) in [5.74, 6) is 0.0554. The number of carboxylic acids is 1. The summed E-state index contributed by atoms with van der Waals surface area (Å²) in [7, 11) is 0. The number of aromatic nitrogens is 2. The Morgan fingerprint density at radius 2 is 1.89 bits per heavy atom. The Balaban J connectivity index is 1.38. The number of carbonyl (C=O) groups is 2. The normalized spacial score (nSPS) is 14.2. The molecule has 1 fully saturated rings. The average Bonchev–Trinajstić information content (AvgIpc) is 3.53. The molecular formula is C26H33N7O3. The monoisotopic (exact) mass is 491 g/mol. The van der Waals surface area contributed by atoms with Gasteiger partial charge in [-0.3, -0.25) is 15.0 Å². The van der Waals surface area contributed by atoms with Gasteiger partial charge in [-0.1, -0.05) is 6.07 Å². The maximum atomic E-state index is 13.1. The van der Waals surface area contributed by atoms with E-state index in [1.54, 1.807) is 0 Å². The van der Waals surface area contributed by atoms with Crippen LogP contribution in [0.25, 0.3) is 11.0 Å². The van der Waals surface area contributed by atoms with Gasteiger partial charge in [0.1, 0.15) is 11.7 Å². The summed E-state index contributed by atoms with van der Waals surface area (Å²) in [5, 5.41) is 23.0. The maximum absolute atomic E-state index is 13.1. The van der Waals surface area contributed by atoms with Gasteiger partial charge in [-0.25, -0.2) is 4.98 Å². The van der Waals surface area contributed by atoms with E-state index in [4.69, 9.17) is 16.2 Å². The van der Waals surface area contributed by atoms with E-state index in [1.165, 1.54) is 0 Å². The molecule has 2 heterocycles. The molecular weight excluding hydrogens is 458 g/mol. The van der Waals surface area contributed by atoms with Gasteiger partial charge in [-0.05, 0) is 61.2 Å². The topological polar surface area (TPSA) is 160 Å². The number of rotatable bonds is 12. The van der Waals surface area contributed by atoms with Crippen LogP contribution in [0.1, 0.15) is 36.2 Å². The SMILES string of the molecule is N=C(N)c1ccc(NCCc2nc3ccc(CC(NCCC(=O)O)C(=O)N4CCCC4)cc3[nH]2)cc1. The molecule has 0 radical (unpaired) electrons. The molecule has 1 aliphatic heterocycles. The number of fused-ring (bicyclic) bond motifs is 1. The number of nitrogens with zero attached hydrogens (tertiary/aromatic N) is 2. The number of carbonyl (C=O) groups excluding carboxylic acids is 1. The zero-order chi connectivity index (χ0) is 25.5. The summed E-state index contributed by atoms with van der Waals surface area (Å²) in [6, 6.07) is 12.9. The van der Waals surface area contributed by atoms with Gasteiger partial charge in [0.2, 0.25) is 5.91 Å². The van der Waals surface area contributed by atoms with Crippen molar-refractivity contribution in [3.8, 4) is 0 Å². The fourth-order valence-electron chi connectivity index (χ4n) is 4.44. The van der Waals surface area contributed by atoms with Gasteiger partial charge in [0.15, 0.2) is 0 Å². The van der Waals surface area contributed by atoms with Crippen molar-refractivity contribution in [2.75, 3.05) is 31.5 Å². The van der Waals surface area contributed by atoms with E-state index in [9.17, 15) is 9.59 Å². The highest BCUT2D eigenvalue weighted by Crippen LogP contribution is 2.18. The molecule has 1 unspecified atom stereocenters. The van der Waals surface area contributed by atoms with Crippen molar-refractivity contribution in [3.05, 3.63) is 59.4 Å². The Morgan fingerprint density at radius 1 is 1.14 bits per heavy atom. The lowest BCUT2D eigenvalue weighted by Crippen LogP contribution is -2.47. The van der Waals surface area contributed by atoms with Crippen LogP contribution in [-0.2, 0) is 22.4 Å². The van der Waals surface area contributed by atoms with Gasteiger partial charge in [0.25, 0.3) is 0 Å². The number of nitrogens with one attached hydrogen (secondary N) is 4. The molecule has 0 bridgehead atoms. The number of aromatic amines is 1. The number of benzene rings is 2. The van der Waals surface area contributed by atoms with Gasteiger partial charge in [-0.2, -0.15) is 0 Å². The summed E-state index contributed by atoms with van der Waals surface area (Å²) >= 11 is 0. The van der Waals surface area contributed by atoms with Crippen LogP contribution < -0.4 is 16.4 Å². The molecule has 0 aliphatic carbocycles. The number of amides is 1. The van der Waals surface area contributed by atoms with Gasteiger partial charge in [-0.15, -0.1) is 0 Å². The number of anilines is 1. The van der Waals surface area contributed by atoms with Crippen LogP contribution in [0, 0.1) is 5.41 Å². The molecule has 10 heteroatoms. The fraction of sp³-hybridized carbons (Fsp3) is 0.385. The summed E-state index contributed by atoms with van der Waals surface area (Å²) in [4.78, 5) is 33.9. The summed E-state index contributed by atoms with van der Waals surface area (Å²) < 4.78 is 0. The van der Waals surface area contributed by atoms with Gasteiger partial charge in [0, 0.05) is 43.9 Å². The molecule has 0 saturated carbocycles. The maximum Gasteiger partial charge on any atom is 0.304 e. The highest BCUT2D eigenvalue weighted by Gasteiger charge is 2.26. The number of nitrogens with two attached hydrogens (primary N) is 1. The molecule has 2 aromatic carbocycles. The lowest BCUT2D eigenvalue weighted by Gasteiger charge is -2.24. The van der Waals surface area contributed by atoms with Crippen molar-refractivity contribution >= 4 is 34.4 Å². The summed E-state index contributed by atoms with van der Waals surface area (Å²) in [6.45, 7) is 2.45. The third kappa shape index (κ3) is 6.60.